The average Bonchev–Trinajstić information content (AvgIpc) is 2.53. The van der Waals surface area contributed by atoms with Crippen LogP contribution in [0.3, 0.4) is 0 Å². The van der Waals surface area contributed by atoms with Crippen LogP contribution >= 0.6 is 0 Å². The van der Waals surface area contributed by atoms with Crippen molar-refractivity contribution in [1.82, 2.24) is 10.6 Å². The van der Waals surface area contributed by atoms with Crippen molar-refractivity contribution in [3.8, 4) is 11.1 Å². The zero-order chi connectivity index (χ0) is 17.0. The number of rotatable bonds is 3. The number of amides is 2. The Bertz CT molecular complexity index is 730. The Morgan fingerprint density at radius 3 is 1.74 bits per heavy atom. The third-order valence-electron chi connectivity index (χ3n) is 3.30. The number of hydrogen-bond acceptors (Lipinski definition) is 2. The van der Waals surface area contributed by atoms with Gasteiger partial charge in [0, 0.05) is 23.7 Å². The molecule has 0 aliphatic carbocycles. The third-order valence-corrected chi connectivity index (χ3v) is 3.30. The quantitative estimate of drug-likeness (QED) is 0.914. The van der Waals surface area contributed by atoms with Crippen molar-refractivity contribution in [3.05, 3.63) is 59.7 Å². The first-order valence-corrected chi connectivity index (χ1v) is 7.55. The second-order valence-electron chi connectivity index (χ2n) is 6.44. The minimum atomic E-state index is -0.285. The van der Waals surface area contributed by atoms with Crippen LogP contribution in [0.4, 0.5) is 0 Å². The molecule has 0 radical (unpaired) electrons. The van der Waals surface area contributed by atoms with Gasteiger partial charge in [0.2, 0.25) is 0 Å². The van der Waals surface area contributed by atoms with Gasteiger partial charge in [-0.1, -0.05) is 24.3 Å². The van der Waals surface area contributed by atoms with Crippen molar-refractivity contribution in [2.24, 2.45) is 0 Å². The summed E-state index contributed by atoms with van der Waals surface area (Å²) >= 11 is 0. The first-order chi connectivity index (χ1) is 10.8. The van der Waals surface area contributed by atoms with Crippen LogP contribution in [0, 0.1) is 0 Å². The van der Waals surface area contributed by atoms with E-state index >= 15 is 0 Å². The lowest BCUT2D eigenvalue weighted by Gasteiger charge is -2.20. The van der Waals surface area contributed by atoms with Crippen LogP contribution in [0.2, 0.25) is 0 Å². The molecule has 2 aromatic rings. The smallest absolute Gasteiger partial charge is 0.251 e. The zero-order valence-electron chi connectivity index (χ0n) is 13.9. The van der Waals surface area contributed by atoms with E-state index in [1.807, 2.05) is 57.2 Å². The van der Waals surface area contributed by atoms with Gasteiger partial charge in [-0.05, 0) is 56.2 Å². The Labute approximate surface area is 136 Å². The Morgan fingerprint density at radius 1 is 0.826 bits per heavy atom. The maximum absolute atomic E-state index is 12.3. The van der Waals surface area contributed by atoms with Crippen LogP contribution in [0.15, 0.2) is 48.5 Å². The van der Waals surface area contributed by atoms with Gasteiger partial charge < -0.3 is 10.6 Å². The fraction of sp³-hybridized carbons (Fsp3) is 0.263. The third kappa shape index (κ3) is 4.42. The molecular weight excluding hydrogens is 288 g/mol. The summed E-state index contributed by atoms with van der Waals surface area (Å²) in [6.07, 6.45) is 0. The second-order valence-corrected chi connectivity index (χ2v) is 6.44. The van der Waals surface area contributed by atoms with Gasteiger partial charge in [0.05, 0.1) is 0 Å². The monoisotopic (exact) mass is 310 g/mol. The molecule has 0 saturated heterocycles. The summed E-state index contributed by atoms with van der Waals surface area (Å²) in [5.74, 6) is -0.240. The number of carbonyl (C=O) groups excluding carboxylic acids is 2. The molecule has 4 heteroatoms. The van der Waals surface area contributed by atoms with E-state index in [-0.39, 0.29) is 17.4 Å². The summed E-state index contributed by atoms with van der Waals surface area (Å²) in [4.78, 5) is 24.0. The lowest BCUT2D eigenvalue weighted by Crippen LogP contribution is -2.40. The summed E-state index contributed by atoms with van der Waals surface area (Å²) in [5, 5.41) is 5.56. The first-order valence-electron chi connectivity index (χ1n) is 7.55. The van der Waals surface area contributed by atoms with E-state index in [1.165, 1.54) is 0 Å². The van der Waals surface area contributed by atoms with Gasteiger partial charge in [-0.25, -0.2) is 0 Å². The number of hydrogen-bond donors (Lipinski definition) is 2. The van der Waals surface area contributed by atoms with Crippen molar-refractivity contribution in [1.29, 1.82) is 0 Å². The molecule has 2 amide bonds. The Kier molecular flexibility index (Phi) is 4.84. The van der Waals surface area contributed by atoms with Crippen molar-refractivity contribution in [2.45, 2.75) is 26.3 Å². The van der Waals surface area contributed by atoms with E-state index in [9.17, 15) is 9.59 Å². The highest BCUT2D eigenvalue weighted by Crippen LogP contribution is 2.22. The minimum absolute atomic E-state index is 0.109. The van der Waals surface area contributed by atoms with Gasteiger partial charge in [-0.15, -0.1) is 0 Å². The van der Waals surface area contributed by atoms with Crippen molar-refractivity contribution in [2.75, 3.05) is 7.05 Å². The van der Waals surface area contributed by atoms with E-state index < -0.39 is 0 Å². The molecule has 2 rings (SSSR count). The SMILES string of the molecule is CNC(=O)c1cccc(-c2cccc(C(=O)NC(C)(C)C)c2)c1. The van der Waals surface area contributed by atoms with Gasteiger partial charge in [0.1, 0.15) is 0 Å². The van der Waals surface area contributed by atoms with Crippen LogP contribution in [0.5, 0.6) is 0 Å². The molecule has 0 aromatic heterocycles. The largest absolute Gasteiger partial charge is 0.355 e. The van der Waals surface area contributed by atoms with Crippen LogP contribution in [-0.2, 0) is 0 Å². The summed E-state index contributed by atoms with van der Waals surface area (Å²) < 4.78 is 0. The number of carbonyl (C=O) groups is 2. The maximum atomic E-state index is 12.3. The topological polar surface area (TPSA) is 58.2 Å². The fourth-order valence-corrected chi connectivity index (χ4v) is 2.24. The lowest BCUT2D eigenvalue weighted by molar-refractivity contribution is 0.0918. The fourth-order valence-electron chi connectivity index (χ4n) is 2.24. The minimum Gasteiger partial charge on any atom is -0.355 e. The molecule has 120 valence electrons. The summed E-state index contributed by atoms with van der Waals surface area (Å²) in [5.41, 5.74) is 2.71. The highest BCUT2D eigenvalue weighted by atomic mass is 16.2. The Balaban J connectivity index is 2.33. The Hall–Kier alpha value is -2.62. The van der Waals surface area contributed by atoms with Crippen molar-refractivity contribution in [3.63, 3.8) is 0 Å². The van der Waals surface area contributed by atoms with Gasteiger partial charge in [0.15, 0.2) is 0 Å². The molecule has 23 heavy (non-hydrogen) atoms. The number of benzene rings is 2. The van der Waals surface area contributed by atoms with E-state index in [0.29, 0.717) is 11.1 Å². The second kappa shape index (κ2) is 6.65. The summed E-state index contributed by atoms with van der Waals surface area (Å²) in [6, 6.07) is 14.7. The molecule has 0 heterocycles. The van der Waals surface area contributed by atoms with E-state index in [0.717, 1.165) is 11.1 Å². The molecule has 0 bridgehead atoms. The molecule has 0 saturated carbocycles. The van der Waals surface area contributed by atoms with Crippen LogP contribution in [-0.4, -0.2) is 24.4 Å². The number of nitrogens with one attached hydrogen (secondary N) is 2. The first kappa shape index (κ1) is 16.7. The molecule has 2 N–H and O–H groups in total. The van der Waals surface area contributed by atoms with Gasteiger partial charge >= 0.3 is 0 Å². The highest BCUT2D eigenvalue weighted by molar-refractivity contribution is 5.97. The van der Waals surface area contributed by atoms with E-state index in [4.69, 9.17) is 0 Å². The molecular formula is C19H22N2O2. The summed E-state index contributed by atoms with van der Waals surface area (Å²) in [7, 11) is 1.60. The Morgan fingerprint density at radius 2 is 1.30 bits per heavy atom. The molecule has 0 spiro atoms. The molecule has 0 aliphatic rings. The van der Waals surface area contributed by atoms with Crippen LogP contribution in [0.25, 0.3) is 11.1 Å². The van der Waals surface area contributed by atoms with Crippen LogP contribution in [0.1, 0.15) is 41.5 Å². The van der Waals surface area contributed by atoms with Gasteiger partial charge in [-0.3, -0.25) is 9.59 Å². The zero-order valence-corrected chi connectivity index (χ0v) is 13.9. The van der Waals surface area contributed by atoms with Gasteiger partial charge in [-0.2, -0.15) is 0 Å². The van der Waals surface area contributed by atoms with Crippen molar-refractivity contribution >= 4 is 11.8 Å². The molecule has 4 nitrogen and oxygen atoms in total. The molecule has 0 aliphatic heterocycles. The van der Waals surface area contributed by atoms with Crippen LogP contribution < -0.4 is 10.6 Å². The normalized spacial score (nSPS) is 11.0. The molecule has 0 unspecified atom stereocenters. The van der Waals surface area contributed by atoms with E-state index in [1.54, 1.807) is 19.2 Å². The standard InChI is InChI=1S/C19H22N2O2/c1-19(2,3)21-18(23)16-10-6-8-14(12-16)13-7-5-9-15(11-13)17(22)20-4/h5-12H,1-4H3,(H,20,22)(H,21,23). The maximum Gasteiger partial charge on any atom is 0.251 e. The lowest BCUT2D eigenvalue weighted by atomic mass is 10.00. The predicted octanol–water partition coefficient (Wildman–Crippen LogP) is 3.24. The van der Waals surface area contributed by atoms with Gasteiger partial charge in [0.25, 0.3) is 11.8 Å². The highest BCUT2D eigenvalue weighted by Gasteiger charge is 2.15. The van der Waals surface area contributed by atoms with E-state index in [2.05, 4.69) is 10.6 Å². The average molecular weight is 310 g/mol. The summed E-state index contributed by atoms with van der Waals surface area (Å²) in [6.45, 7) is 5.84. The molecule has 0 atom stereocenters. The van der Waals surface area contributed by atoms with Crippen molar-refractivity contribution < 1.29 is 9.59 Å². The molecule has 0 fully saturated rings. The predicted molar refractivity (Wildman–Crippen MR) is 92.5 cm³/mol. The molecule has 2 aromatic carbocycles.